The molecule has 1 fully saturated rings. The van der Waals surface area contributed by atoms with Gasteiger partial charge in [-0.25, -0.2) is 0 Å². The number of ether oxygens (including phenoxy) is 2. The molecule has 150 valence electrons. The molecule has 1 unspecified atom stereocenters. The van der Waals surface area contributed by atoms with Crippen LogP contribution in [0.1, 0.15) is 31.7 Å². The van der Waals surface area contributed by atoms with Gasteiger partial charge in [0.15, 0.2) is 5.96 Å². The van der Waals surface area contributed by atoms with Crippen molar-refractivity contribution >= 4 is 11.9 Å². The first kappa shape index (κ1) is 20.9. The highest BCUT2D eigenvalue weighted by Crippen LogP contribution is 2.32. The van der Waals surface area contributed by atoms with Crippen LogP contribution in [0.5, 0.6) is 11.5 Å². The molecule has 0 aliphatic carbocycles. The number of methoxy groups -OCH3 is 2. The molecule has 1 heterocycles. The van der Waals surface area contributed by atoms with E-state index in [0.29, 0.717) is 19.0 Å². The SMILES string of the molecule is CN=C(NCCNC(=O)C(C)C)N1CCC(c2cc(OC)cc(OC)c2)C1. The Morgan fingerprint density at radius 3 is 2.37 bits per heavy atom. The van der Waals surface area contributed by atoms with E-state index >= 15 is 0 Å². The summed E-state index contributed by atoms with van der Waals surface area (Å²) < 4.78 is 10.8. The maximum Gasteiger partial charge on any atom is 0.222 e. The van der Waals surface area contributed by atoms with Gasteiger partial charge in [-0.15, -0.1) is 0 Å². The Kier molecular flexibility index (Phi) is 7.76. The molecule has 0 radical (unpaired) electrons. The molecule has 0 spiro atoms. The van der Waals surface area contributed by atoms with Crippen LogP contribution < -0.4 is 20.1 Å². The molecule has 1 aliphatic rings. The summed E-state index contributed by atoms with van der Waals surface area (Å²) in [6.07, 6.45) is 1.04. The number of likely N-dealkylation sites (tertiary alicyclic amines) is 1. The van der Waals surface area contributed by atoms with Gasteiger partial charge in [-0.3, -0.25) is 9.79 Å². The molecule has 1 amide bonds. The van der Waals surface area contributed by atoms with Gasteiger partial charge in [-0.1, -0.05) is 13.8 Å². The minimum atomic E-state index is 0.00325. The summed E-state index contributed by atoms with van der Waals surface area (Å²) in [7, 11) is 5.13. The number of guanidine groups is 1. The van der Waals surface area contributed by atoms with Gasteiger partial charge < -0.3 is 25.0 Å². The van der Waals surface area contributed by atoms with Crippen LogP contribution in [0.25, 0.3) is 0 Å². The molecule has 1 aromatic rings. The summed E-state index contributed by atoms with van der Waals surface area (Å²) in [5, 5.41) is 6.24. The number of nitrogens with one attached hydrogen (secondary N) is 2. The van der Waals surface area contributed by atoms with Crippen LogP contribution in [0.3, 0.4) is 0 Å². The van der Waals surface area contributed by atoms with Gasteiger partial charge in [0.1, 0.15) is 11.5 Å². The Balaban J connectivity index is 1.91. The summed E-state index contributed by atoms with van der Waals surface area (Å²) in [4.78, 5) is 18.3. The number of benzene rings is 1. The largest absolute Gasteiger partial charge is 0.497 e. The molecular formula is C20H32N4O3. The average Bonchev–Trinajstić information content (AvgIpc) is 3.17. The first-order valence-corrected chi connectivity index (χ1v) is 9.44. The van der Waals surface area contributed by atoms with Crippen molar-refractivity contribution in [3.8, 4) is 11.5 Å². The third-order valence-electron chi connectivity index (χ3n) is 4.78. The Morgan fingerprint density at radius 2 is 1.81 bits per heavy atom. The van der Waals surface area contributed by atoms with Crippen molar-refractivity contribution in [1.82, 2.24) is 15.5 Å². The number of carbonyl (C=O) groups is 1. The van der Waals surface area contributed by atoms with Gasteiger partial charge in [-0.05, 0) is 24.1 Å². The summed E-state index contributed by atoms with van der Waals surface area (Å²) in [6, 6.07) is 6.05. The molecule has 1 aromatic carbocycles. The number of nitrogens with zero attached hydrogens (tertiary/aromatic N) is 2. The van der Waals surface area contributed by atoms with Crippen molar-refractivity contribution in [1.29, 1.82) is 0 Å². The zero-order chi connectivity index (χ0) is 19.8. The van der Waals surface area contributed by atoms with E-state index in [-0.39, 0.29) is 11.8 Å². The van der Waals surface area contributed by atoms with E-state index in [1.807, 2.05) is 19.9 Å². The third-order valence-corrected chi connectivity index (χ3v) is 4.78. The fourth-order valence-electron chi connectivity index (χ4n) is 3.19. The second-order valence-corrected chi connectivity index (χ2v) is 7.00. The van der Waals surface area contributed by atoms with E-state index in [9.17, 15) is 4.79 Å². The molecule has 27 heavy (non-hydrogen) atoms. The van der Waals surface area contributed by atoms with Crippen molar-refractivity contribution in [3.05, 3.63) is 23.8 Å². The third kappa shape index (κ3) is 5.77. The van der Waals surface area contributed by atoms with E-state index in [4.69, 9.17) is 9.47 Å². The highest BCUT2D eigenvalue weighted by atomic mass is 16.5. The fourth-order valence-corrected chi connectivity index (χ4v) is 3.19. The van der Waals surface area contributed by atoms with Gasteiger partial charge in [0.25, 0.3) is 0 Å². The minimum absolute atomic E-state index is 0.00325. The lowest BCUT2D eigenvalue weighted by Crippen LogP contribution is -2.43. The molecule has 7 nitrogen and oxygen atoms in total. The van der Waals surface area contributed by atoms with Gasteiger partial charge in [0.05, 0.1) is 14.2 Å². The van der Waals surface area contributed by atoms with Crippen LogP contribution in [-0.2, 0) is 4.79 Å². The van der Waals surface area contributed by atoms with Gasteiger partial charge >= 0.3 is 0 Å². The average molecular weight is 377 g/mol. The smallest absolute Gasteiger partial charge is 0.222 e. The molecule has 1 atom stereocenters. The standard InChI is InChI=1S/C20H32N4O3/c1-14(2)19(25)22-7-8-23-20(21-3)24-9-6-15(13-24)16-10-17(26-4)12-18(11-16)27-5/h10-12,14-15H,6-9,13H2,1-5H3,(H,21,23)(H,22,25). The highest BCUT2D eigenvalue weighted by Gasteiger charge is 2.26. The van der Waals surface area contributed by atoms with Crippen molar-refractivity contribution in [2.45, 2.75) is 26.2 Å². The van der Waals surface area contributed by atoms with Crippen molar-refractivity contribution in [3.63, 3.8) is 0 Å². The van der Waals surface area contributed by atoms with Gasteiger partial charge in [0, 0.05) is 51.1 Å². The molecule has 2 rings (SSSR count). The summed E-state index contributed by atoms with van der Waals surface area (Å²) in [6.45, 7) is 6.83. The number of rotatable bonds is 7. The van der Waals surface area contributed by atoms with Crippen LogP contribution in [0.2, 0.25) is 0 Å². The molecule has 7 heteroatoms. The quantitative estimate of drug-likeness (QED) is 0.431. The van der Waals surface area contributed by atoms with E-state index in [1.54, 1.807) is 21.3 Å². The Morgan fingerprint density at radius 1 is 1.19 bits per heavy atom. The summed E-state index contributed by atoms with van der Waals surface area (Å²) >= 11 is 0. The normalized spacial score (nSPS) is 17.2. The lowest BCUT2D eigenvalue weighted by molar-refractivity contribution is -0.123. The molecule has 0 aromatic heterocycles. The van der Waals surface area contributed by atoms with Crippen LogP contribution >= 0.6 is 0 Å². The van der Waals surface area contributed by atoms with Gasteiger partial charge in [0.2, 0.25) is 5.91 Å². The molecule has 1 saturated heterocycles. The zero-order valence-electron chi connectivity index (χ0n) is 17.0. The van der Waals surface area contributed by atoms with E-state index in [2.05, 4.69) is 32.7 Å². The van der Waals surface area contributed by atoms with Gasteiger partial charge in [-0.2, -0.15) is 0 Å². The number of hydrogen-bond donors (Lipinski definition) is 2. The Hall–Kier alpha value is -2.44. The summed E-state index contributed by atoms with van der Waals surface area (Å²) in [5.74, 6) is 2.96. The zero-order valence-corrected chi connectivity index (χ0v) is 17.0. The maximum atomic E-state index is 11.6. The number of aliphatic imine (C=N–C) groups is 1. The Bertz CT molecular complexity index is 638. The maximum absolute atomic E-state index is 11.6. The van der Waals surface area contributed by atoms with Crippen LogP contribution in [0.4, 0.5) is 0 Å². The first-order chi connectivity index (χ1) is 13.0. The van der Waals surface area contributed by atoms with Crippen molar-refractivity contribution in [2.24, 2.45) is 10.9 Å². The second-order valence-electron chi connectivity index (χ2n) is 7.00. The van der Waals surface area contributed by atoms with Crippen LogP contribution in [-0.4, -0.2) is 64.2 Å². The van der Waals surface area contributed by atoms with E-state index in [0.717, 1.165) is 37.0 Å². The van der Waals surface area contributed by atoms with Crippen LogP contribution in [0, 0.1) is 5.92 Å². The summed E-state index contributed by atoms with van der Waals surface area (Å²) in [5.41, 5.74) is 1.22. The minimum Gasteiger partial charge on any atom is -0.497 e. The molecular weight excluding hydrogens is 344 g/mol. The molecule has 0 saturated carbocycles. The van der Waals surface area contributed by atoms with E-state index in [1.165, 1.54) is 5.56 Å². The van der Waals surface area contributed by atoms with Crippen molar-refractivity contribution in [2.75, 3.05) is 47.4 Å². The van der Waals surface area contributed by atoms with Crippen LogP contribution in [0.15, 0.2) is 23.2 Å². The number of hydrogen-bond acceptors (Lipinski definition) is 4. The fraction of sp³-hybridized carbons (Fsp3) is 0.600. The lowest BCUT2D eigenvalue weighted by Gasteiger charge is -2.22. The molecule has 0 bridgehead atoms. The Labute approximate surface area is 162 Å². The topological polar surface area (TPSA) is 75.2 Å². The monoisotopic (exact) mass is 376 g/mol. The predicted octanol–water partition coefficient (Wildman–Crippen LogP) is 1.84. The number of carbonyl (C=O) groups excluding carboxylic acids is 1. The van der Waals surface area contributed by atoms with Crippen molar-refractivity contribution < 1.29 is 14.3 Å². The van der Waals surface area contributed by atoms with E-state index < -0.39 is 0 Å². The predicted molar refractivity (Wildman–Crippen MR) is 108 cm³/mol. The highest BCUT2D eigenvalue weighted by molar-refractivity contribution is 5.80. The second kappa shape index (κ2) is 10.0. The molecule has 1 aliphatic heterocycles. The molecule has 2 N–H and O–H groups in total. The lowest BCUT2D eigenvalue weighted by atomic mass is 9.98. The first-order valence-electron chi connectivity index (χ1n) is 9.44. The number of amides is 1.